The number of aromatic nitrogens is 2. The van der Waals surface area contributed by atoms with Crippen molar-refractivity contribution in [3.05, 3.63) is 89.5 Å². The molecule has 140 valence electrons. The normalized spacial score (nSPS) is 10.8. The van der Waals surface area contributed by atoms with E-state index in [4.69, 9.17) is 0 Å². The summed E-state index contributed by atoms with van der Waals surface area (Å²) in [7, 11) is 0. The summed E-state index contributed by atoms with van der Waals surface area (Å²) in [6.45, 7) is 2.92. The number of phenolic OH excluding ortho intramolecular Hbond substituents is 1. The fourth-order valence-corrected chi connectivity index (χ4v) is 2.90. The largest absolute Gasteiger partial charge is 0.507 e. The number of phenols is 1. The SMILES string of the molecule is Oc1c(CNCCc2ccccn2)cccc1CNCCc1ccccn1. The first-order valence-electron chi connectivity index (χ1n) is 9.34. The van der Waals surface area contributed by atoms with E-state index in [1.807, 2.05) is 67.0 Å². The molecule has 0 radical (unpaired) electrons. The van der Waals surface area contributed by atoms with Gasteiger partial charge in [0, 0.05) is 73.9 Å². The predicted molar refractivity (Wildman–Crippen MR) is 107 cm³/mol. The maximum Gasteiger partial charge on any atom is 0.124 e. The highest BCUT2D eigenvalue weighted by atomic mass is 16.3. The minimum Gasteiger partial charge on any atom is -0.507 e. The van der Waals surface area contributed by atoms with Crippen molar-refractivity contribution in [3.63, 3.8) is 0 Å². The number of hydrogen-bond donors (Lipinski definition) is 3. The van der Waals surface area contributed by atoms with Crippen LogP contribution in [0.25, 0.3) is 0 Å². The number of hydrogen-bond acceptors (Lipinski definition) is 5. The van der Waals surface area contributed by atoms with Crippen LogP contribution in [-0.4, -0.2) is 28.2 Å². The fourth-order valence-electron chi connectivity index (χ4n) is 2.90. The lowest BCUT2D eigenvalue weighted by Crippen LogP contribution is -2.19. The maximum atomic E-state index is 10.5. The molecule has 2 aromatic heterocycles. The minimum atomic E-state index is 0.369. The number of benzene rings is 1. The van der Waals surface area contributed by atoms with E-state index in [1.54, 1.807) is 0 Å². The Labute approximate surface area is 160 Å². The standard InChI is InChI=1S/C22H26N4O/c27-22-18(16-23-14-10-20-8-1-3-12-25-20)6-5-7-19(22)17-24-15-11-21-9-2-4-13-26-21/h1-9,12-13,23-24,27H,10-11,14-17H2. The van der Waals surface area contributed by atoms with Crippen molar-refractivity contribution in [3.8, 4) is 5.75 Å². The molecule has 3 N–H and O–H groups in total. The van der Waals surface area contributed by atoms with Gasteiger partial charge in [-0.1, -0.05) is 30.3 Å². The summed E-state index contributed by atoms with van der Waals surface area (Å²) >= 11 is 0. The molecule has 0 aliphatic heterocycles. The first kappa shape index (κ1) is 19.0. The summed E-state index contributed by atoms with van der Waals surface area (Å²) in [6.07, 6.45) is 5.36. The molecule has 2 heterocycles. The minimum absolute atomic E-state index is 0.369. The predicted octanol–water partition coefficient (Wildman–Crippen LogP) is 2.85. The zero-order valence-corrected chi connectivity index (χ0v) is 15.4. The Morgan fingerprint density at radius 2 is 1.19 bits per heavy atom. The van der Waals surface area contributed by atoms with Gasteiger partial charge in [-0.05, 0) is 24.3 Å². The molecule has 0 unspecified atom stereocenters. The Hall–Kier alpha value is -2.76. The molecule has 0 saturated heterocycles. The van der Waals surface area contributed by atoms with Crippen molar-refractivity contribution in [2.45, 2.75) is 25.9 Å². The molecule has 5 heteroatoms. The monoisotopic (exact) mass is 362 g/mol. The van der Waals surface area contributed by atoms with Crippen molar-refractivity contribution in [2.75, 3.05) is 13.1 Å². The number of nitrogens with one attached hydrogen (secondary N) is 2. The maximum absolute atomic E-state index is 10.5. The van der Waals surface area contributed by atoms with Crippen LogP contribution in [0.3, 0.4) is 0 Å². The Morgan fingerprint density at radius 1 is 0.667 bits per heavy atom. The Morgan fingerprint density at radius 3 is 1.63 bits per heavy atom. The summed E-state index contributed by atoms with van der Waals surface area (Å²) < 4.78 is 0. The summed E-state index contributed by atoms with van der Waals surface area (Å²) in [6, 6.07) is 17.8. The molecular formula is C22H26N4O. The highest BCUT2D eigenvalue weighted by molar-refractivity contribution is 5.40. The topological polar surface area (TPSA) is 70.1 Å². The van der Waals surface area contributed by atoms with Gasteiger partial charge in [0.15, 0.2) is 0 Å². The number of aromatic hydroxyl groups is 1. The van der Waals surface area contributed by atoms with Gasteiger partial charge >= 0.3 is 0 Å². The van der Waals surface area contributed by atoms with Crippen LogP contribution in [0.4, 0.5) is 0 Å². The Balaban J connectivity index is 1.42. The van der Waals surface area contributed by atoms with E-state index in [9.17, 15) is 5.11 Å². The third-order valence-corrected chi connectivity index (χ3v) is 4.40. The molecule has 0 aliphatic rings. The van der Waals surface area contributed by atoms with Crippen molar-refractivity contribution >= 4 is 0 Å². The fraction of sp³-hybridized carbons (Fsp3) is 0.273. The molecule has 0 amide bonds. The van der Waals surface area contributed by atoms with Crippen molar-refractivity contribution in [1.82, 2.24) is 20.6 Å². The van der Waals surface area contributed by atoms with E-state index in [0.717, 1.165) is 48.4 Å². The summed E-state index contributed by atoms with van der Waals surface area (Å²) in [5, 5.41) is 17.3. The molecule has 0 bridgehead atoms. The lowest BCUT2D eigenvalue weighted by Gasteiger charge is -2.11. The number of rotatable bonds is 10. The third-order valence-electron chi connectivity index (χ3n) is 4.40. The second-order valence-corrected chi connectivity index (χ2v) is 6.42. The number of nitrogens with zero attached hydrogens (tertiary/aromatic N) is 2. The first-order chi connectivity index (χ1) is 13.3. The van der Waals surface area contributed by atoms with Gasteiger partial charge in [-0.25, -0.2) is 0 Å². The zero-order chi connectivity index (χ0) is 18.7. The average Bonchev–Trinajstić information content (AvgIpc) is 2.72. The highest BCUT2D eigenvalue weighted by Crippen LogP contribution is 2.22. The van der Waals surface area contributed by atoms with Crippen LogP contribution < -0.4 is 10.6 Å². The van der Waals surface area contributed by atoms with E-state index in [-0.39, 0.29) is 0 Å². The van der Waals surface area contributed by atoms with E-state index >= 15 is 0 Å². The van der Waals surface area contributed by atoms with Crippen LogP contribution in [0.1, 0.15) is 22.5 Å². The van der Waals surface area contributed by atoms with Crippen LogP contribution in [-0.2, 0) is 25.9 Å². The van der Waals surface area contributed by atoms with Gasteiger partial charge in [-0.15, -0.1) is 0 Å². The molecule has 3 rings (SSSR count). The van der Waals surface area contributed by atoms with Crippen LogP contribution >= 0.6 is 0 Å². The highest BCUT2D eigenvalue weighted by Gasteiger charge is 2.06. The van der Waals surface area contributed by atoms with Crippen LogP contribution in [0, 0.1) is 0 Å². The number of pyridine rings is 2. The summed E-state index contributed by atoms with van der Waals surface area (Å²) in [5.74, 6) is 0.369. The molecule has 1 aromatic carbocycles. The molecule has 27 heavy (non-hydrogen) atoms. The van der Waals surface area contributed by atoms with Gasteiger partial charge in [0.25, 0.3) is 0 Å². The smallest absolute Gasteiger partial charge is 0.124 e. The van der Waals surface area contributed by atoms with Gasteiger partial charge in [-0.3, -0.25) is 9.97 Å². The molecule has 5 nitrogen and oxygen atoms in total. The van der Waals surface area contributed by atoms with Crippen LogP contribution in [0.2, 0.25) is 0 Å². The molecule has 3 aromatic rings. The molecular weight excluding hydrogens is 336 g/mol. The van der Waals surface area contributed by atoms with Crippen molar-refractivity contribution < 1.29 is 5.11 Å². The lowest BCUT2D eigenvalue weighted by atomic mass is 10.1. The van der Waals surface area contributed by atoms with Gasteiger partial charge in [0.05, 0.1) is 0 Å². The average molecular weight is 362 g/mol. The Kier molecular flexibility index (Phi) is 7.33. The lowest BCUT2D eigenvalue weighted by molar-refractivity contribution is 0.454. The van der Waals surface area contributed by atoms with Crippen molar-refractivity contribution in [2.24, 2.45) is 0 Å². The van der Waals surface area contributed by atoms with E-state index < -0.39 is 0 Å². The molecule has 0 spiro atoms. The summed E-state index contributed by atoms with van der Waals surface area (Å²) in [5.41, 5.74) is 3.97. The zero-order valence-electron chi connectivity index (χ0n) is 15.4. The quantitative estimate of drug-likeness (QED) is 0.484. The van der Waals surface area contributed by atoms with Gasteiger partial charge < -0.3 is 15.7 Å². The second-order valence-electron chi connectivity index (χ2n) is 6.42. The van der Waals surface area contributed by atoms with Gasteiger partial charge in [0.1, 0.15) is 5.75 Å². The van der Waals surface area contributed by atoms with Gasteiger partial charge in [-0.2, -0.15) is 0 Å². The molecule has 0 fully saturated rings. The summed E-state index contributed by atoms with van der Waals surface area (Å²) in [4.78, 5) is 8.63. The van der Waals surface area contributed by atoms with Gasteiger partial charge in [0.2, 0.25) is 0 Å². The molecule has 0 saturated carbocycles. The second kappa shape index (κ2) is 10.4. The van der Waals surface area contributed by atoms with E-state index in [0.29, 0.717) is 18.8 Å². The van der Waals surface area contributed by atoms with Crippen molar-refractivity contribution in [1.29, 1.82) is 0 Å². The van der Waals surface area contributed by atoms with E-state index in [2.05, 4.69) is 20.6 Å². The number of para-hydroxylation sites is 1. The molecule has 0 atom stereocenters. The Bertz CT molecular complexity index is 743. The third kappa shape index (κ3) is 6.16. The molecule has 0 aliphatic carbocycles. The van der Waals surface area contributed by atoms with Crippen LogP contribution in [0.15, 0.2) is 67.0 Å². The first-order valence-corrected chi connectivity index (χ1v) is 9.34. The van der Waals surface area contributed by atoms with E-state index in [1.165, 1.54) is 0 Å². The van der Waals surface area contributed by atoms with Crippen LogP contribution in [0.5, 0.6) is 5.75 Å².